The van der Waals surface area contributed by atoms with E-state index in [1.54, 1.807) is 37.3 Å². The summed E-state index contributed by atoms with van der Waals surface area (Å²) in [4.78, 5) is 12.0. The third-order valence-corrected chi connectivity index (χ3v) is 4.16. The van der Waals surface area contributed by atoms with E-state index < -0.39 is 28.9 Å². The maximum absolute atomic E-state index is 14.1. The smallest absolute Gasteiger partial charge is 0.338 e. The minimum Gasteiger partial charge on any atom is -0.452 e. The molecule has 0 aliphatic carbocycles. The van der Waals surface area contributed by atoms with Gasteiger partial charge in [-0.2, -0.15) is 0 Å². The summed E-state index contributed by atoms with van der Waals surface area (Å²) in [5.41, 5.74) is -0.399. The normalized spacial score (nSPS) is 34.2. The fourth-order valence-electron chi connectivity index (χ4n) is 2.10. The van der Waals surface area contributed by atoms with E-state index >= 15 is 0 Å². The fraction of sp³-hybridized carbons (Fsp3) is 0.500. The number of carbonyl (C=O) groups is 1. The Kier molecular flexibility index (Phi) is 4.26. The van der Waals surface area contributed by atoms with Crippen LogP contribution in [0, 0.1) is 0 Å². The zero-order chi connectivity index (χ0) is 14.0. The molecule has 104 valence electrons. The zero-order valence-corrected chi connectivity index (χ0v) is 12.4. The summed E-state index contributed by atoms with van der Waals surface area (Å²) in [7, 11) is 0. The van der Waals surface area contributed by atoms with Crippen molar-refractivity contribution in [3.05, 3.63) is 35.9 Å². The molecule has 0 saturated carbocycles. The Balaban J connectivity index is 2.15. The van der Waals surface area contributed by atoms with Gasteiger partial charge in [-0.3, -0.25) is 0 Å². The molecule has 1 fully saturated rings. The maximum atomic E-state index is 14.1. The predicted molar refractivity (Wildman–Crippen MR) is 73.0 cm³/mol. The Labute approximate surface area is 120 Å². The number of halogens is 2. The molecule has 5 heteroatoms. The number of hydrogen-bond acceptors (Lipinski definition) is 3. The van der Waals surface area contributed by atoms with Gasteiger partial charge in [0.1, 0.15) is 10.6 Å². The Morgan fingerprint density at radius 3 is 2.68 bits per heavy atom. The molecule has 0 bridgehead atoms. The number of hydrogen-bond donors (Lipinski definition) is 0. The van der Waals surface area contributed by atoms with E-state index in [1.165, 1.54) is 0 Å². The molecular weight excluding hydrogens is 315 g/mol. The Morgan fingerprint density at radius 2 is 2.11 bits per heavy atom. The molecule has 3 nitrogen and oxygen atoms in total. The SMILES string of the molecule is CC[C@]1(C)OC(Br)[C@H](F)C1OC(=O)c1ccccc1. The van der Waals surface area contributed by atoms with E-state index in [2.05, 4.69) is 15.9 Å². The summed E-state index contributed by atoms with van der Waals surface area (Å²) in [6.07, 6.45) is -1.73. The molecule has 0 radical (unpaired) electrons. The number of carbonyl (C=O) groups excluding carboxylic acids is 1. The first-order valence-corrected chi connectivity index (χ1v) is 7.11. The molecule has 1 aliphatic rings. The molecule has 1 aliphatic heterocycles. The standard InChI is InChI=1S/C14H16BrFO3/c1-3-14(2)11(10(16)12(15)19-14)18-13(17)9-7-5-4-6-8-9/h4-8,10-12H,3H2,1-2H3/t10-,11?,12?,14+/m1/s1. The van der Waals surface area contributed by atoms with Gasteiger partial charge >= 0.3 is 5.97 Å². The van der Waals surface area contributed by atoms with Gasteiger partial charge in [0.25, 0.3) is 0 Å². The average Bonchev–Trinajstić information content (AvgIpc) is 2.64. The van der Waals surface area contributed by atoms with Crippen molar-refractivity contribution in [1.29, 1.82) is 0 Å². The van der Waals surface area contributed by atoms with Crippen LogP contribution < -0.4 is 0 Å². The lowest BCUT2D eigenvalue weighted by Crippen LogP contribution is -2.42. The lowest BCUT2D eigenvalue weighted by Gasteiger charge is -2.28. The highest BCUT2D eigenvalue weighted by Crippen LogP contribution is 2.40. The summed E-state index contributed by atoms with van der Waals surface area (Å²) in [6.45, 7) is 3.63. The zero-order valence-electron chi connectivity index (χ0n) is 10.8. The van der Waals surface area contributed by atoms with Crippen molar-refractivity contribution >= 4 is 21.9 Å². The number of esters is 1. The van der Waals surface area contributed by atoms with Crippen LogP contribution in [0.25, 0.3) is 0 Å². The summed E-state index contributed by atoms with van der Waals surface area (Å²) in [5.74, 6) is -0.530. The van der Waals surface area contributed by atoms with Crippen LogP contribution in [0.3, 0.4) is 0 Å². The summed E-state index contributed by atoms with van der Waals surface area (Å²) in [5, 5.41) is -0.744. The highest BCUT2D eigenvalue weighted by molar-refractivity contribution is 9.09. The first-order chi connectivity index (χ1) is 8.98. The average molecular weight is 331 g/mol. The molecule has 1 saturated heterocycles. The number of rotatable bonds is 3. The third-order valence-electron chi connectivity index (χ3n) is 3.47. The fourth-order valence-corrected chi connectivity index (χ4v) is 2.80. The Hall–Kier alpha value is -0.940. The van der Waals surface area contributed by atoms with Crippen molar-refractivity contribution in [2.24, 2.45) is 0 Å². The van der Waals surface area contributed by atoms with Crippen molar-refractivity contribution in [3.8, 4) is 0 Å². The number of alkyl halides is 2. The van der Waals surface area contributed by atoms with Gasteiger partial charge in [-0.25, -0.2) is 9.18 Å². The van der Waals surface area contributed by atoms with Gasteiger partial charge in [0, 0.05) is 0 Å². The molecule has 0 spiro atoms. The lowest BCUT2D eigenvalue weighted by molar-refractivity contribution is -0.0654. The van der Waals surface area contributed by atoms with Gasteiger partial charge < -0.3 is 9.47 Å². The van der Waals surface area contributed by atoms with Crippen LogP contribution in [0.15, 0.2) is 30.3 Å². The molecular formula is C14H16BrFO3. The van der Waals surface area contributed by atoms with Gasteiger partial charge in [-0.05, 0) is 25.5 Å². The monoisotopic (exact) mass is 330 g/mol. The van der Waals surface area contributed by atoms with Crippen molar-refractivity contribution in [3.63, 3.8) is 0 Å². The second-order valence-corrected chi connectivity index (χ2v) is 5.67. The quantitative estimate of drug-likeness (QED) is 0.628. The van der Waals surface area contributed by atoms with Crippen LogP contribution in [0.5, 0.6) is 0 Å². The molecule has 0 amide bonds. The van der Waals surface area contributed by atoms with E-state index in [0.29, 0.717) is 12.0 Å². The van der Waals surface area contributed by atoms with Gasteiger partial charge in [-0.1, -0.05) is 41.1 Å². The minimum atomic E-state index is -1.38. The molecule has 1 aromatic rings. The molecule has 1 heterocycles. The van der Waals surface area contributed by atoms with Gasteiger partial charge in [0.15, 0.2) is 12.3 Å². The summed E-state index contributed by atoms with van der Waals surface area (Å²) >= 11 is 3.12. The highest BCUT2D eigenvalue weighted by Gasteiger charge is 2.53. The van der Waals surface area contributed by atoms with E-state index in [-0.39, 0.29) is 0 Å². The largest absolute Gasteiger partial charge is 0.452 e. The Bertz CT molecular complexity index is 453. The lowest BCUT2D eigenvalue weighted by atomic mass is 9.95. The van der Waals surface area contributed by atoms with Gasteiger partial charge in [0.05, 0.1) is 5.56 Å². The highest BCUT2D eigenvalue weighted by atomic mass is 79.9. The molecule has 0 aromatic heterocycles. The van der Waals surface area contributed by atoms with E-state index in [0.717, 1.165) is 0 Å². The third kappa shape index (κ3) is 2.82. The molecule has 2 rings (SSSR count). The maximum Gasteiger partial charge on any atom is 0.338 e. The molecule has 1 aromatic carbocycles. The molecule has 2 unspecified atom stereocenters. The van der Waals surface area contributed by atoms with E-state index in [1.807, 2.05) is 6.92 Å². The minimum absolute atomic E-state index is 0.408. The first-order valence-electron chi connectivity index (χ1n) is 6.20. The molecule has 4 atom stereocenters. The van der Waals surface area contributed by atoms with Crippen LogP contribution >= 0.6 is 15.9 Å². The van der Waals surface area contributed by atoms with Crippen LogP contribution in [0.1, 0.15) is 30.6 Å². The van der Waals surface area contributed by atoms with Crippen molar-refractivity contribution < 1.29 is 18.7 Å². The van der Waals surface area contributed by atoms with Gasteiger partial charge in [0.2, 0.25) is 0 Å². The summed E-state index contributed by atoms with van der Waals surface area (Å²) < 4.78 is 24.9. The second kappa shape index (κ2) is 5.59. The van der Waals surface area contributed by atoms with Crippen LogP contribution in [0.2, 0.25) is 0 Å². The van der Waals surface area contributed by atoms with Crippen LogP contribution in [-0.2, 0) is 9.47 Å². The predicted octanol–water partition coefficient (Wildman–Crippen LogP) is 3.47. The molecule has 0 N–H and O–H groups in total. The topological polar surface area (TPSA) is 35.5 Å². The van der Waals surface area contributed by atoms with E-state index in [4.69, 9.17) is 9.47 Å². The van der Waals surface area contributed by atoms with Gasteiger partial charge in [-0.15, -0.1) is 0 Å². The molecule has 19 heavy (non-hydrogen) atoms. The van der Waals surface area contributed by atoms with Crippen molar-refractivity contribution in [1.82, 2.24) is 0 Å². The number of ether oxygens (including phenoxy) is 2. The Morgan fingerprint density at radius 1 is 1.47 bits per heavy atom. The van der Waals surface area contributed by atoms with Crippen molar-refractivity contribution in [2.45, 2.75) is 43.2 Å². The first kappa shape index (κ1) is 14.5. The summed E-state index contributed by atoms with van der Waals surface area (Å²) in [6, 6.07) is 8.56. The van der Waals surface area contributed by atoms with E-state index in [9.17, 15) is 9.18 Å². The second-order valence-electron chi connectivity index (χ2n) is 4.77. The van der Waals surface area contributed by atoms with Crippen LogP contribution in [-0.4, -0.2) is 28.9 Å². The van der Waals surface area contributed by atoms with Crippen molar-refractivity contribution in [2.75, 3.05) is 0 Å². The van der Waals surface area contributed by atoms with Crippen LogP contribution in [0.4, 0.5) is 4.39 Å². The number of benzene rings is 1.